The molecule has 1 fully saturated rings. The molecule has 166 valence electrons. The molecule has 2 N–H and O–H groups in total. The summed E-state index contributed by atoms with van der Waals surface area (Å²) < 4.78 is 13.8. The van der Waals surface area contributed by atoms with Crippen LogP contribution in [0.2, 0.25) is 0 Å². The second-order valence-electron chi connectivity index (χ2n) is 7.28. The molecular weight excluding hydrogens is 459 g/mol. The van der Waals surface area contributed by atoms with Crippen LogP contribution < -0.4 is 5.32 Å². The molecule has 3 aromatic rings. The molecule has 2 amide bonds. The van der Waals surface area contributed by atoms with E-state index in [1.165, 1.54) is 34.9 Å². The third-order valence-electron chi connectivity index (χ3n) is 4.98. The summed E-state index contributed by atoms with van der Waals surface area (Å²) in [6.07, 6.45) is 1.78. The zero-order valence-electron chi connectivity index (χ0n) is 17.3. The van der Waals surface area contributed by atoms with Crippen LogP contribution in [0, 0.1) is 5.82 Å². The van der Waals surface area contributed by atoms with Gasteiger partial charge in [0.25, 0.3) is 5.91 Å². The summed E-state index contributed by atoms with van der Waals surface area (Å²) in [7, 11) is 0. The molecule has 1 aliphatic heterocycles. The van der Waals surface area contributed by atoms with Gasteiger partial charge in [-0.1, -0.05) is 72.5 Å². The fourth-order valence-corrected chi connectivity index (χ4v) is 4.60. The molecule has 0 atom stereocenters. The molecule has 0 bridgehead atoms. The molecule has 8 heteroatoms. The van der Waals surface area contributed by atoms with Gasteiger partial charge in [-0.15, -0.1) is 0 Å². The van der Waals surface area contributed by atoms with E-state index in [4.69, 9.17) is 12.2 Å². The highest BCUT2D eigenvalue weighted by molar-refractivity contribution is 8.26. The standard InChI is InChI=1S/C25H19FN2O3S2/c26-19-5-3-4-18(15-19)17-10-8-16(9-11-17)14-22-24(31)28(25(32)33-22)13-12-23(30)27-20-6-1-2-7-21(20)29/h1-11,14-15,29H,12-13H2,(H,27,30)/b22-14-. The fourth-order valence-electron chi connectivity index (χ4n) is 3.29. The molecule has 0 aromatic heterocycles. The Morgan fingerprint density at radius 1 is 1.06 bits per heavy atom. The maximum absolute atomic E-state index is 13.5. The van der Waals surface area contributed by atoms with E-state index in [0.29, 0.717) is 14.9 Å². The molecule has 5 nitrogen and oxygen atoms in total. The Bertz CT molecular complexity index is 1260. The quantitative estimate of drug-likeness (QED) is 0.281. The first-order chi connectivity index (χ1) is 15.9. The lowest BCUT2D eigenvalue weighted by molar-refractivity contribution is -0.122. The van der Waals surface area contributed by atoms with E-state index in [2.05, 4.69) is 5.32 Å². The Morgan fingerprint density at radius 3 is 2.55 bits per heavy atom. The lowest BCUT2D eigenvalue weighted by Crippen LogP contribution is -2.31. The molecule has 33 heavy (non-hydrogen) atoms. The topological polar surface area (TPSA) is 69.6 Å². The molecule has 1 heterocycles. The smallest absolute Gasteiger partial charge is 0.266 e. The van der Waals surface area contributed by atoms with Gasteiger partial charge in [-0.25, -0.2) is 4.39 Å². The van der Waals surface area contributed by atoms with Gasteiger partial charge < -0.3 is 10.4 Å². The van der Waals surface area contributed by atoms with Crippen molar-refractivity contribution in [3.8, 4) is 16.9 Å². The number of thiocarbonyl (C=S) groups is 1. The summed E-state index contributed by atoms with van der Waals surface area (Å²) in [5.41, 5.74) is 2.77. The number of hydrogen-bond acceptors (Lipinski definition) is 5. The van der Waals surface area contributed by atoms with Crippen molar-refractivity contribution < 1.29 is 19.1 Å². The first kappa shape index (κ1) is 22.7. The largest absolute Gasteiger partial charge is 0.506 e. The Hall–Kier alpha value is -3.49. The monoisotopic (exact) mass is 478 g/mol. The number of carbonyl (C=O) groups is 2. The van der Waals surface area contributed by atoms with Crippen LogP contribution in [0.5, 0.6) is 5.75 Å². The molecule has 1 saturated heterocycles. The third-order valence-corrected chi connectivity index (χ3v) is 6.36. The van der Waals surface area contributed by atoms with Gasteiger partial charge in [-0.2, -0.15) is 0 Å². The van der Waals surface area contributed by atoms with Gasteiger partial charge in [-0.3, -0.25) is 14.5 Å². The summed E-state index contributed by atoms with van der Waals surface area (Å²) in [5, 5.41) is 12.4. The van der Waals surface area contributed by atoms with Crippen molar-refractivity contribution in [3.05, 3.63) is 89.1 Å². The van der Waals surface area contributed by atoms with Crippen LogP contribution in [-0.2, 0) is 9.59 Å². The van der Waals surface area contributed by atoms with Crippen molar-refractivity contribution >= 4 is 51.9 Å². The number of halogens is 1. The molecule has 0 radical (unpaired) electrons. The zero-order valence-corrected chi connectivity index (χ0v) is 19.0. The first-order valence-corrected chi connectivity index (χ1v) is 11.3. The number of amides is 2. The van der Waals surface area contributed by atoms with Crippen molar-refractivity contribution in [2.45, 2.75) is 6.42 Å². The van der Waals surface area contributed by atoms with E-state index in [-0.39, 0.29) is 36.3 Å². The van der Waals surface area contributed by atoms with Crippen LogP contribution in [0.3, 0.4) is 0 Å². The molecule has 0 unspecified atom stereocenters. The van der Waals surface area contributed by atoms with E-state index in [0.717, 1.165) is 16.7 Å². The minimum atomic E-state index is -0.331. The van der Waals surface area contributed by atoms with Gasteiger partial charge in [0.1, 0.15) is 15.9 Å². The minimum absolute atomic E-state index is 0.0252. The third kappa shape index (κ3) is 5.47. The maximum Gasteiger partial charge on any atom is 0.266 e. The Labute approximate surface area is 199 Å². The molecule has 1 aliphatic rings. The van der Waals surface area contributed by atoms with Crippen LogP contribution in [-0.4, -0.2) is 32.7 Å². The second kappa shape index (κ2) is 9.97. The van der Waals surface area contributed by atoms with Gasteiger partial charge in [0.15, 0.2) is 0 Å². The normalized spacial score (nSPS) is 14.7. The van der Waals surface area contributed by atoms with Crippen LogP contribution in [0.15, 0.2) is 77.7 Å². The number of nitrogens with zero attached hydrogens (tertiary/aromatic N) is 1. The maximum atomic E-state index is 13.5. The highest BCUT2D eigenvalue weighted by atomic mass is 32.2. The SMILES string of the molecule is O=C(CCN1C(=O)/C(=C/c2ccc(-c3cccc(F)c3)cc2)SC1=S)Nc1ccccc1O. The number of rotatable bonds is 6. The number of aromatic hydroxyl groups is 1. The van der Waals surface area contributed by atoms with E-state index in [9.17, 15) is 19.1 Å². The second-order valence-corrected chi connectivity index (χ2v) is 8.96. The lowest BCUT2D eigenvalue weighted by Gasteiger charge is -2.14. The van der Waals surface area contributed by atoms with E-state index < -0.39 is 0 Å². The molecule has 0 saturated carbocycles. The van der Waals surface area contributed by atoms with Crippen LogP contribution in [0.4, 0.5) is 10.1 Å². The fraction of sp³-hybridized carbons (Fsp3) is 0.0800. The number of hydrogen-bond donors (Lipinski definition) is 2. The summed E-state index contributed by atoms with van der Waals surface area (Å²) >= 11 is 6.52. The van der Waals surface area contributed by atoms with Crippen LogP contribution >= 0.6 is 24.0 Å². The number of benzene rings is 3. The van der Waals surface area contributed by atoms with E-state index in [1.807, 2.05) is 30.3 Å². The van der Waals surface area contributed by atoms with Gasteiger partial charge in [0.2, 0.25) is 5.91 Å². The van der Waals surface area contributed by atoms with Crippen molar-refractivity contribution in [1.29, 1.82) is 0 Å². The Balaban J connectivity index is 1.39. The predicted molar refractivity (Wildman–Crippen MR) is 133 cm³/mol. The Kier molecular flexibility index (Phi) is 6.86. The van der Waals surface area contributed by atoms with Crippen LogP contribution in [0.25, 0.3) is 17.2 Å². The molecule has 0 spiro atoms. The number of para-hydroxylation sites is 2. The van der Waals surface area contributed by atoms with E-state index in [1.54, 1.807) is 30.3 Å². The zero-order chi connectivity index (χ0) is 23.4. The Morgan fingerprint density at radius 2 is 1.82 bits per heavy atom. The average molecular weight is 479 g/mol. The number of phenolic OH excluding ortho intramolecular Hbond substituents is 1. The highest BCUT2D eigenvalue weighted by Crippen LogP contribution is 2.33. The van der Waals surface area contributed by atoms with Crippen molar-refractivity contribution in [3.63, 3.8) is 0 Å². The minimum Gasteiger partial charge on any atom is -0.506 e. The van der Waals surface area contributed by atoms with E-state index >= 15 is 0 Å². The first-order valence-electron chi connectivity index (χ1n) is 10.1. The number of nitrogens with one attached hydrogen (secondary N) is 1. The number of anilines is 1. The van der Waals surface area contributed by atoms with Gasteiger partial charge in [-0.05, 0) is 47.0 Å². The lowest BCUT2D eigenvalue weighted by atomic mass is 10.0. The predicted octanol–water partition coefficient (Wildman–Crippen LogP) is 5.43. The highest BCUT2D eigenvalue weighted by Gasteiger charge is 2.32. The molecule has 0 aliphatic carbocycles. The summed E-state index contributed by atoms with van der Waals surface area (Å²) in [5.74, 6) is -0.908. The van der Waals surface area contributed by atoms with Gasteiger partial charge in [0.05, 0.1) is 10.6 Å². The molecular formula is C25H19FN2O3S2. The average Bonchev–Trinajstić information content (AvgIpc) is 3.06. The van der Waals surface area contributed by atoms with Crippen molar-refractivity contribution in [2.24, 2.45) is 0 Å². The van der Waals surface area contributed by atoms with Crippen molar-refractivity contribution in [1.82, 2.24) is 4.90 Å². The number of carbonyl (C=O) groups excluding carboxylic acids is 2. The van der Waals surface area contributed by atoms with Gasteiger partial charge in [0, 0.05) is 13.0 Å². The summed E-state index contributed by atoms with van der Waals surface area (Å²) in [4.78, 5) is 26.9. The van der Waals surface area contributed by atoms with Gasteiger partial charge >= 0.3 is 0 Å². The molecule has 4 rings (SSSR count). The van der Waals surface area contributed by atoms with Crippen molar-refractivity contribution in [2.75, 3.05) is 11.9 Å². The number of phenols is 1. The molecule has 3 aromatic carbocycles. The number of thioether (sulfide) groups is 1. The van der Waals surface area contributed by atoms with Crippen LogP contribution in [0.1, 0.15) is 12.0 Å². The summed E-state index contributed by atoms with van der Waals surface area (Å²) in [6.45, 7) is 0.139. The summed E-state index contributed by atoms with van der Waals surface area (Å²) in [6, 6.07) is 20.2.